The van der Waals surface area contributed by atoms with E-state index in [1.807, 2.05) is 6.20 Å². The number of nitrogens with zero attached hydrogens (tertiary/aromatic N) is 3. The summed E-state index contributed by atoms with van der Waals surface area (Å²) in [6.45, 7) is 9.57. The van der Waals surface area contributed by atoms with Gasteiger partial charge in [0, 0.05) is 31.5 Å². The Morgan fingerprint density at radius 2 is 2.00 bits per heavy atom. The van der Waals surface area contributed by atoms with Gasteiger partial charge in [-0.05, 0) is 59.1 Å². The minimum absolute atomic E-state index is 0.858. The van der Waals surface area contributed by atoms with Gasteiger partial charge in [-0.3, -0.25) is 4.98 Å². The predicted octanol–water partition coefficient (Wildman–Crippen LogP) is 2.36. The molecular weight excluding hydrogens is 248 g/mol. The lowest BCUT2D eigenvalue weighted by Gasteiger charge is -2.24. The molecule has 0 unspecified atom stereocenters. The van der Waals surface area contributed by atoms with E-state index in [2.05, 4.69) is 60.2 Å². The smallest absolute Gasteiger partial charge is 0.0562 e. The lowest BCUT2D eigenvalue weighted by Crippen LogP contribution is -2.27. The van der Waals surface area contributed by atoms with Crippen molar-refractivity contribution in [2.75, 3.05) is 45.2 Å². The van der Waals surface area contributed by atoms with Crippen LogP contribution in [-0.2, 0) is 6.54 Å². The van der Waals surface area contributed by atoms with Gasteiger partial charge < -0.3 is 15.1 Å². The Balaban J connectivity index is 2.55. The van der Waals surface area contributed by atoms with Gasteiger partial charge in [-0.1, -0.05) is 6.92 Å². The Morgan fingerprint density at radius 3 is 2.65 bits per heavy atom. The fourth-order valence-corrected chi connectivity index (χ4v) is 2.20. The Kier molecular flexibility index (Phi) is 8.23. The highest BCUT2D eigenvalue weighted by atomic mass is 15.1. The molecule has 0 aliphatic rings. The van der Waals surface area contributed by atoms with Crippen LogP contribution in [0.1, 0.15) is 32.4 Å². The standard InChI is InChI=1S/C16H30N4/c1-5-9-17-14-15-13-16(8-10-18-15)20(6-2)12-7-11-19(3)4/h8,10,13,17H,5-7,9,11-12,14H2,1-4H3. The zero-order chi connectivity index (χ0) is 14.8. The second-order valence-corrected chi connectivity index (χ2v) is 5.42. The van der Waals surface area contributed by atoms with Gasteiger partial charge in [0.25, 0.3) is 0 Å². The average molecular weight is 278 g/mol. The zero-order valence-corrected chi connectivity index (χ0v) is 13.5. The molecule has 1 rings (SSSR count). The van der Waals surface area contributed by atoms with Crippen LogP contribution < -0.4 is 10.2 Å². The third kappa shape index (κ3) is 6.35. The minimum Gasteiger partial charge on any atom is -0.372 e. The second kappa shape index (κ2) is 9.72. The van der Waals surface area contributed by atoms with E-state index in [-0.39, 0.29) is 0 Å². The summed E-state index contributed by atoms with van der Waals surface area (Å²) in [6.07, 6.45) is 4.27. The number of nitrogens with one attached hydrogen (secondary N) is 1. The highest BCUT2D eigenvalue weighted by Gasteiger charge is 2.05. The summed E-state index contributed by atoms with van der Waals surface area (Å²) in [6, 6.07) is 4.32. The highest BCUT2D eigenvalue weighted by Crippen LogP contribution is 2.14. The van der Waals surface area contributed by atoms with Crippen LogP contribution in [0.15, 0.2) is 18.3 Å². The molecule has 0 bridgehead atoms. The fraction of sp³-hybridized carbons (Fsp3) is 0.688. The predicted molar refractivity (Wildman–Crippen MR) is 87.3 cm³/mol. The molecule has 0 aromatic carbocycles. The lowest BCUT2D eigenvalue weighted by atomic mass is 10.2. The zero-order valence-electron chi connectivity index (χ0n) is 13.5. The Bertz CT molecular complexity index is 365. The van der Waals surface area contributed by atoms with Crippen LogP contribution in [0.5, 0.6) is 0 Å². The monoisotopic (exact) mass is 278 g/mol. The number of rotatable bonds is 10. The number of pyridine rings is 1. The van der Waals surface area contributed by atoms with Gasteiger partial charge in [0.15, 0.2) is 0 Å². The van der Waals surface area contributed by atoms with Crippen molar-refractivity contribution in [1.29, 1.82) is 0 Å². The highest BCUT2D eigenvalue weighted by molar-refractivity contribution is 5.46. The van der Waals surface area contributed by atoms with E-state index in [9.17, 15) is 0 Å². The van der Waals surface area contributed by atoms with E-state index >= 15 is 0 Å². The molecule has 1 aromatic rings. The van der Waals surface area contributed by atoms with E-state index < -0.39 is 0 Å². The van der Waals surface area contributed by atoms with Crippen molar-refractivity contribution in [2.45, 2.75) is 33.2 Å². The molecular formula is C16H30N4. The molecule has 0 amide bonds. The maximum Gasteiger partial charge on any atom is 0.0562 e. The largest absolute Gasteiger partial charge is 0.372 e. The van der Waals surface area contributed by atoms with Gasteiger partial charge in [-0.25, -0.2) is 0 Å². The first kappa shape index (κ1) is 16.9. The number of aromatic nitrogens is 1. The SMILES string of the molecule is CCCNCc1cc(N(CC)CCCN(C)C)ccn1. The summed E-state index contributed by atoms with van der Waals surface area (Å²) in [4.78, 5) is 9.10. The maximum atomic E-state index is 4.44. The fourth-order valence-electron chi connectivity index (χ4n) is 2.20. The van der Waals surface area contributed by atoms with Crippen LogP contribution in [-0.4, -0.2) is 50.2 Å². The van der Waals surface area contributed by atoms with Crippen molar-refractivity contribution < 1.29 is 0 Å². The Morgan fingerprint density at radius 1 is 1.20 bits per heavy atom. The quantitative estimate of drug-likeness (QED) is 0.666. The van der Waals surface area contributed by atoms with Crippen molar-refractivity contribution in [3.63, 3.8) is 0 Å². The van der Waals surface area contributed by atoms with Gasteiger partial charge in [0.1, 0.15) is 0 Å². The van der Waals surface area contributed by atoms with Gasteiger partial charge in [-0.15, -0.1) is 0 Å². The molecule has 0 spiro atoms. The number of hydrogen-bond acceptors (Lipinski definition) is 4. The Labute approximate surface area is 124 Å². The minimum atomic E-state index is 0.858. The molecule has 4 nitrogen and oxygen atoms in total. The van der Waals surface area contributed by atoms with E-state index in [0.717, 1.165) is 44.8 Å². The molecule has 0 aliphatic carbocycles. The van der Waals surface area contributed by atoms with Crippen molar-refractivity contribution in [1.82, 2.24) is 15.2 Å². The molecule has 1 N–H and O–H groups in total. The molecule has 0 fully saturated rings. The molecule has 0 radical (unpaired) electrons. The van der Waals surface area contributed by atoms with Gasteiger partial charge in [0.05, 0.1) is 5.69 Å². The van der Waals surface area contributed by atoms with Crippen molar-refractivity contribution in [3.8, 4) is 0 Å². The van der Waals surface area contributed by atoms with E-state index in [1.54, 1.807) is 0 Å². The first-order valence-corrected chi connectivity index (χ1v) is 7.72. The molecule has 1 aromatic heterocycles. The van der Waals surface area contributed by atoms with Crippen LogP contribution in [0.3, 0.4) is 0 Å². The van der Waals surface area contributed by atoms with Gasteiger partial charge in [-0.2, -0.15) is 0 Å². The second-order valence-electron chi connectivity index (χ2n) is 5.42. The van der Waals surface area contributed by atoms with E-state index in [4.69, 9.17) is 0 Å². The summed E-state index contributed by atoms with van der Waals surface area (Å²) >= 11 is 0. The summed E-state index contributed by atoms with van der Waals surface area (Å²) in [5, 5.41) is 3.41. The molecule has 0 aliphatic heterocycles. The van der Waals surface area contributed by atoms with Crippen molar-refractivity contribution >= 4 is 5.69 Å². The average Bonchev–Trinajstić information content (AvgIpc) is 2.44. The molecule has 20 heavy (non-hydrogen) atoms. The summed E-state index contributed by atoms with van der Waals surface area (Å²) in [5.41, 5.74) is 2.41. The topological polar surface area (TPSA) is 31.4 Å². The number of anilines is 1. The lowest BCUT2D eigenvalue weighted by molar-refractivity contribution is 0.400. The molecule has 114 valence electrons. The Hall–Kier alpha value is -1.13. The summed E-state index contributed by atoms with van der Waals surface area (Å²) in [5.74, 6) is 0. The molecule has 0 saturated carbocycles. The molecule has 1 heterocycles. The molecule has 0 saturated heterocycles. The van der Waals surface area contributed by atoms with Crippen LogP contribution >= 0.6 is 0 Å². The number of hydrogen-bond donors (Lipinski definition) is 1. The third-order valence-electron chi connectivity index (χ3n) is 3.31. The third-order valence-corrected chi connectivity index (χ3v) is 3.31. The first-order chi connectivity index (χ1) is 9.67. The van der Waals surface area contributed by atoms with Gasteiger partial charge in [0.2, 0.25) is 0 Å². The van der Waals surface area contributed by atoms with E-state index in [1.165, 1.54) is 12.1 Å². The first-order valence-electron chi connectivity index (χ1n) is 7.72. The van der Waals surface area contributed by atoms with Crippen LogP contribution in [0.25, 0.3) is 0 Å². The van der Waals surface area contributed by atoms with Crippen molar-refractivity contribution in [3.05, 3.63) is 24.0 Å². The van der Waals surface area contributed by atoms with E-state index in [0.29, 0.717) is 0 Å². The van der Waals surface area contributed by atoms with Crippen LogP contribution in [0.2, 0.25) is 0 Å². The van der Waals surface area contributed by atoms with Crippen LogP contribution in [0.4, 0.5) is 5.69 Å². The molecule has 0 atom stereocenters. The maximum absolute atomic E-state index is 4.44. The summed E-state index contributed by atoms with van der Waals surface area (Å²) < 4.78 is 0. The van der Waals surface area contributed by atoms with Gasteiger partial charge >= 0.3 is 0 Å². The molecule has 4 heteroatoms. The van der Waals surface area contributed by atoms with Crippen LogP contribution in [0, 0.1) is 0 Å². The normalized spacial score (nSPS) is 11.1. The summed E-state index contributed by atoms with van der Waals surface area (Å²) in [7, 11) is 4.25. The van der Waals surface area contributed by atoms with Crippen molar-refractivity contribution in [2.24, 2.45) is 0 Å².